The van der Waals surface area contributed by atoms with Crippen molar-refractivity contribution < 1.29 is 18.3 Å². The van der Waals surface area contributed by atoms with Crippen LogP contribution in [0.3, 0.4) is 0 Å². The van der Waals surface area contributed by atoms with E-state index in [4.69, 9.17) is 10.8 Å². The van der Waals surface area contributed by atoms with Crippen LogP contribution in [0.25, 0.3) is 22.0 Å². The van der Waals surface area contributed by atoms with Gasteiger partial charge in [0, 0.05) is 42.8 Å². The van der Waals surface area contributed by atoms with Crippen LogP contribution in [0.1, 0.15) is 36.8 Å². The van der Waals surface area contributed by atoms with E-state index in [-0.39, 0.29) is 36.6 Å². The quantitative estimate of drug-likeness (QED) is 0.341. The molecule has 188 valence electrons. The number of nitrogens with one attached hydrogen (secondary N) is 2. The van der Waals surface area contributed by atoms with Crippen molar-refractivity contribution in [3.05, 3.63) is 59.8 Å². The van der Waals surface area contributed by atoms with Crippen molar-refractivity contribution in [2.24, 2.45) is 5.73 Å². The van der Waals surface area contributed by atoms with Gasteiger partial charge >= 0.3 is 0 Å². The van der Waals surface area contributed by atoms with Crippen molar-refractivity contribution in [2.75, 3.05) is 32.0 Å². The number of aromatic amines is 1. The number of hydrogen-bond acceptors (Lipinski definition) is 5. The van der Waals surface area contributed by atoms with Gasteiger partial charge in [0.2, 0.25) is 15.9 Å². The zero-order chi connectivity index (χ0) is 25.0. The molecular weight excluding hydrogens is 464 g/mol. The third-order valence-electron chi connectivity index (χ3n) is 6.79. The molecule has 1 aromatic heterocycles. The van der Waals surface area contributed by atoms with Crippen molar-refractivity contribution in [1.29, 1.82) is 0 Å². The Balaban J connectivity index is 1.54. The number of H-pyrrole nitrogens is 1. The minimum atomic E-state index is -3.35. The number of nitrogens with two attached hydrogens (primary N) is 1. The van der Waals surface area contributed by atoms with Gasteiger partial charge in [0.1, 0.15) is 0 Å². The van der Waals surface area contributed by atoms with Gasteiger partial charge in [-0.1, -0.05) is 30.3 Å². The molecular formula is C26H34N4O4S. The van der Waals surface area contributed by atoms with E-state index in [2.05, 4.69) is 16.4 Å². The van der Waals surface area contributed by atoms with E-state index in [1.165, 1.54) is 0 Å². The SMILES string of the molecule is C[C@@H](CO)NCCS(=O)(=O)N1CCC(c2c[nH]c3c(CC(N)=O)cc(-c4ccccc4)cc23)CC1. The number of benzene rings is 2. The molecule has 1 amide bonds. The molecule has 0 unspecified atom stereocenters. The molecule has 2 aromatic carbocycles. The third kappa shape index (κ3) is 5.92. The highest BCUT2D eigenvalue weighted by atomic mass is 32.2. The van der Waals surface area contributed by atoms with Gasteiger partial charge in [-0.25, -0.2) is 12.7 Å². The van der Waals surface area contributed by atoms with Gasteiger partial charge in [-0.05, 0) is 60.1 Å². The summed E-state index contributed by atoms with van der Waals surface area (Å²) in [6, 6.07) is 14.1. The lowest BCUT2D eigenvalue weighted by Gasteiger charge is -2.31. The Morgan fingerprint density at radius 2 is 1.91 bits per heavy atom. The highest BCUT2D eigenvalue weighted by Crippen LogP contribution is 2.37. The zero-order valence-electron chi connectivity index (χ0n) is 20.0. The van der Waals surface area contributed by atoms with E-state index in [9.17, 15) is 13.2 Å². The standard InChI is InChI=1S/C26H34N4O4S/c1-18(17-31)28-9-12-35(33,34)30-10-7-20(8-11-30)24-16-29-26-22(15-25(27)32)13-21(14-23(24)26)19-5-3-2-4-6-19/h2-6,13-14,16,18,20,28-29,31H,7-12,15,17H2,1H3,(H2,27,32)/t18-/m0/s1. The van der Waals surface area contributed by atoms with E-state index in [0.717, 1.165) is 46.0 Å². The van der Waals surface area contributed by atoms with Gasteiger partial charge in [-0.2, -0.15) is 0 Å². The molecule has 1 aliphatic rings. The summed E-state index contributed by atoms with van der Waals surface area (Å²) in [6.45, 7) is 3.06. The molecule has 0 radical (unpaired) electrons. The second-order valence-electron chi connectivity index (χ2n) is 9.34. The Bertz CT molecular complexity index is 1270. The fourth-order valence-electron chi connectivity index (χ4n) is 4.86. The maximum Gasteiger partial charge on any atom is 0.221 e. The summed E-state index contributed by atoms with van der Waals surface area (Å²) in [6.07, 6.45) is 3.61. The molecule has 5 N–H and O–H groups in total. The molecule has 9 heteroatoms. The first-order chi connectivity index (χ1) is 16.8. The number of hydrogen-bond donors (Lipinski definition) is 4. The van der Waals surface area contributed by atoms with Crippen LogP contribution in [0, 0.1) is 0 Å². The molecule has 1 fully saturated rings. The van der Waals surface area contributed by atoms with Crippen molar-refractivity contribution in [2.45, 2.75) is 38.1 Å². The van der Waals surface area contributed by atoms with Gasteiger partial charge in [0.25, 0.3) is 0 Å². The van der Waals surface area contributed by atoms with Crippen molar-refractivity contribution in [3.63, 3.8) is 0 Å². The monoisotopic (exact) mass is 498 g/mol. The summed E-state index contributed by atoms with van der Waals surface area (Å²) in [7, 11) is -3.35. The average molecular weight is 499 g/mol. The predicted molar refractivity (Wildman–Crippen MR) is 139 cm³/mol. The van der Waals surface area contributed by atoms with Crippen LogP contribution in [-0.2, 0) is 21.2 Å². The van der Waals surface area contributed by atoms with Crippen molar-refractivity contribution >= 4 is 26.8 Å². The Morgan fingerprint density at radius 1 is 1.20 bits per heavy atom. The summed E-state index contributed by atoms with van der Waals surface area (Å²) in [5, 5.41) is 13.2. The Kier molecular flexibility index (Phi) is 7.91. The number of aliphatic hydroxyl groups is 1. The summed E-state index contributed by atoms with van der Waals surface area (Å²) in [5.41, 5.74) is 10.6. The number of sulfonamides is 1. The summed E-state index contributed by atoms with van der Waals surface area (Å²) in [4.78, 5) is 15.1. The number of aromatic nitrogens is 1. The first kappa shape index (κ1) is 25.4. The molecule has 1 aliphatic heterocycles. The molecule has 3 aromatic rings. The van der Waals surface area contributed by atoms with E-state index in [0.29, 0.717) is 19.6 Å². The molecule has 0 saturated carbocycles. The molecule has 1 saturated heterocycles. The third-order valence-corrected chi connectivity index (χ3v) is 8.66. The van der Waals surface area contributed by atoms with Crippen LogP contribution < -0.4 is 11.1 Å². The van der Waals surface area contributed by atoms with Gasteiger partial charge in [-0.15, -0.1) is 0 Å². The minimum Gasteiger partial charge on any atom is -0.395 e. The normalized spacial score (nSPS) is 16.5. The Labute approximate surface area is 206 Å². The van der Waals surface area contributed by atoms with E-state index < -0.39 is 10.0 Å². The number of piperidine rings is 1. The number of nitrogens with zero attached hydrogens (tertiary/aromatic N) is 1. The van der Waals surface area contributed by atoms with E-state index in [1.54, 1.807) is 4.31 Å². The molecule has 4 rings (SSSR count). The lowest BCUT2D eigenvalue weighted by molar-refractivity contribution is -0.117. The van der Waals surface area contributed by atoms with Crippen molar-refractivity contribution in [3.8, 4) is 11.1 Å². The smallest absolute Gasteiger partial charge is 0.221 e. The Morgan fingerprint density at radius 3 is 2.57 bits per heavy atom. The fourth-order valence-corrected chi connectivity index (χ4v) is 6.26. The topological polar surface area (TPSA) is 129 Å². The number of fused-ring (bicyclic) bond motifs is 1. The number of primary amides is 1. The van der Waals surface area contributed by atoms with Crippen LogP contribution in [0.4, 0.5) is 0 Å². The van der Waals surface area contributed by atoms with Crippen LogP contribution >= 0.6 is 0 Å². The van der Waals surface area contributed by atoms with Crippen LogP contribution in [0.15, 0.2) is 48.7 Å². The number of carbonyl (C=O) groups excluding carboxylic acids is 1. The van der Waals surface area contributed by atoms with E-state index >= 15 is 0 Å². The summed E-state index contributed by atoms with van der Waals surface area (Å²) in [5.74, 6) is -0.143. The second-order valence-corrected chi connectivity index (χ2v) is 11.4. The van der Waals surface area contributed by atoms with E-state index in [1.807, 2.05) is 49.5 Å². The Hall–Kier alpha value is -2.72. The summed E-state index contributed by atoms with van der Waals surface area (Å²) >= 11 is 0. The maximum atomic E-state index is 12.8. The highest BCUT2D eigenvalue weighted by molar-refractivity contribution is 7.89. The minimum absolute atomic E-state index is 0.0198. The number of amides is 1. The second kappa shape index (κ2) is 10.9. The van der Waals surface area contributed by atoms with Crippen LogP contribution in [0.2, 0.25) is 0 Å². The lowest BCUT2D eigenvalue weighted by Crippen LogP contribution is -2.42. The molecule has 35 heavy (non-hydrogen) atoms. The van der Waals surface area contributed by atoms with Crippen molar-refractivity contribution in [1.82, 2.24) is 14.6 Å². The molecule has 1 atom stereocenters. The molecule has 0 spiro atoms. The predicted octanol–water partition coefficient (Wildman–Crippen LogP) is 2.34. The number of carbonyl (C=O) groups is 1. The van der Waals surface area contributed by atoms with Crippen LogP contribution in [-0.4, -0.2) is 66.8 Å². The molecule has 2 heterocycles. The number of aliphatic hydroxyl groups excluding tert-OH is 1. The maximum absolute atomic E-state index is 12.8. The van der Waals surface area contributed by atoms with Gasteiger partial charge in [0.15, 0.2) is 0 Å². The summed E-state index contributed by atoms with van der Waals surface area (Å²) < 4.78 is 27.1. The molecule has 0 aliphatic carbocycles. The van der Waals surface area contributed by atoms with Gasteiger partial charge < -0.3 is 21.1 Å². The highest BCUT2D eigenvalue weighted by Gasteiger charge is 2.30. The average Bonchev–Trinajstić information content (AvgIpc) is 3.28. The van der Waals surface area contributed by atoms with Gasteiger partial charge in [0.05, 0.1) is 18.8 Å². The van der Waals surface area contributed by atoms with Crippen LogP contribution in [0.5, 0.6) is 0 Å². The molecule has 0 bridgehead atoms. The first-order valence-corrected chi connectivity index (χ1v) is 13.7. The molecule has 8 nitrogen and oxygen atoms in total. The zero-order valence-corrected chi connectivity index (χ0v) is 20.9. The first-order valence-electron chi connectivity index (χ1n) is 12.1. The van der Waals surface area contributed by atoms with Gasteiger partial charge in [-0.3, -0.25) is 4.79 Å². The number of rotatable bonds is 10. The lowest BCUT2D eigenvalue weighted by atomic mass is 9.88. The fraction of sp³-hybridized carbons (Fsp3) is 0.423. The largest absolute Gasteiger partial charge is 0.395 e.